The zero-order chi connectivity index (χ0) is 18.5. The number of hydrogen-bond donors (Lipinski definition) is 2. The van der Waals surface area contributed by atoms with Crippen LogP contribution in [0.15, 0.2) is 60.8 Å². The van der Waals surface area contributed by atoms with E-state index in [1.165, 1.54) is 0 Å². The molecule has 0 bridgehead atoms. The highest BCUT2D eigenvalue weighted by Crippen LogP contribution is 2.19. The molecule has 0 aliphatic carbocycles. The summed E-state index contributed by atoms with van der Waals surface area (Å²) in [7, 11) is 0. The van der Waals surface area contributed by atoms with Gasteiger partial charge in [-0.15, -0.1) is 0 Å². The third-order valence-electron chi connectivity index (χ3n) is 5.11. The lowest BCUT2D eigenvalue weighted by Gasteiger charge is -2.31. The zero-order valence-corrected chi connectivity index (χ0v) is 15.4. The van der Waals surface area contributed by atoms with Gasteiger partial charge in [-0.05, 0) is 17.2 Å². The van der Waals surface area contributed by atoms with Gasteiger partial charge in [0.05, 0.1) is 25.7 Å². The number of aromatic nitrogens is 1. The number of ether oxygens (including phenoxy) is 1. The summed E-state index contributed by atoms with van der Waals surface area (Å²) in [5, 5.41) is 4.36. The molecule has 2 heterocycles. The van der Waals surface area contributed by atoms with E-state index in [1.54, 1.807) is 0 Å². The number of para-hydroxylation sites is 1. The molecule has 1 aromatic heterocycles. The summed E-state index contributed by atoms with van der Waals surface area (Å²) in [6, 6.07) is 18.3. The molecule has 0 saturated carbocycles. The van der Waals surface area contributed by atoms with Crippen LogP contribution in [0.3, 0.4) is 0 Å². The van der Waals surface area contributed by atoms with Crippen LogP contribution in [0.4, 0.5) is 0 Å². The number of fused-ring (bicyclic) bond motifs is 1. The van der Waals surface area contributed by atoms with Crippen LogP contribution < -0.4 is 5.32 Å². The van der Waals surface area contributed by atoms with Crippen molar-refractivity contribution in [1.82, 2.24) is 15.2 Å². The summed E-state index contributed by atoms with van der Waals surface area (Å²) in [4.78, 5) is 18.4. The summed E-state index contributed by atoms with van der Waals surface area (Å²) >= 11 is 0. The average molecular weight is 363 g/mol. The molecule has 2 aromatic carbocycles. The lowest BCUT2D eigenvalue weighted by molar-refractivity contribution is -0.121. The topological polar surface area (TPSA) is 57.4 Å². The van der Waals surface area contributed by atoms with Crippen LogP contribution in [0, 0.1) is 0 Å². The van der Waals surface area contributed by atoms with Gasteiger partial charge in [-0.25, -0.2) is 0 Å². The van der Waals surface area contributed by atoms with Gasteiger partial charge in [-0.1, -0.05) is 48.5 Å². The van der Waals surface area contributed by atoms with Gasteiger partial charge >= 0.3 is 0 Å². The van der Waals surface area contributed by atoms with E-state index in [4.69, 9.17) is 4.74 Å². The van der Waals surface area contributed by atoms with Gasteiger partial charge in [0, 0.05) is 36.7 Å². The Kier molecular flexibility index (Phi) is 5.51. The minimum Gasteiger partial charge on any atom is -0.379 e. The molecule has 1 aliphatic heterocycles. The highest BCUT2D eigenvalue weighted by Gasteiger charge is 2.20. The summed E-state index contributed by atoms with van der Waals surface area (Å²) in [6.45, 7) is 4.12. The minimum absolute atomic E-state index is 0.0259. The van der Waals surface area contributed by atoms with E-state index in [2.05, 4.69) is 33.4 Å². The van der Waals surface area contributed by atoms with Crippen LogP contribution >= 0.6 is 0 Å². The number of benzene rings is 2. The van der Waals surface area contributed by atoms with Gasteiger partial charge in [0.15, 0.2) is 0 Å². The van der Waals surface area contributed by atoms with E-state index in [0.717, 1.165) is 54.9 Å². The fraction of sp³-hybridized carbons (Fsp3) is 0.318. The van der Waals surface area contributed by atoms with E-state index in [1.807, 2.05) is 42.6 Å². The van der Waals surface area contributed by atoms with Crippen molar-refractivity contribution in [2.24, 2.45) is 0 Å². The van der Waals surface area contributed by atoms with Crippen LogP contribution in [-0.4, -0.2) is 48.6 Å². The standard InChI is InChI=1S/C22H25N3O2/c26-22(14-18-15-23-20-9-5-4-8-19(18)20)24-21(17-6-2-1-3-7-17)16-25-10-12-27-13-11-25/h1-9,15,21,23H,10-14,16H2,(H,24,26)/t21-/m1/s1. The van der Waals surface area contributed by atoms with Gasteiger partial charge in [-0.2, -0.15) is 0 Å². The van der Waals surface area contributed by atoms with Gasteiger partial charge in [0.25, 0.3) is 0 Å². The highest BCUT2D eigenvalue weighted by atomic mass is 16.5. The van der Waals surface area contributed by atoms with E-state index >= 15 is 0 Å². The summed E-state index contributed by atoms with van der Waals surface area (Å²) < 4.78 is 5.45. The van der Waals surface area contributed by atoms with E-state index in [0.29, 0.717) is 6.42 Å². The second-order valence-electron chi connectivity index (χ2n) is 6.98. The number of carbonyl (C=O) groups is 1. The summed E-state index contributed by atoms with van der Waals surface area (Å²) in [6.07, 6.45) is 2.31. The second-order valence-corrected chi connectivity index (χ2v) is 6.98. The third-order valence-corrected chi connectivity index (χ3v) is 5.11. The highest BCUT2D eigenvalue weighted by molar-refractivity contribution is 5.89. The lowest BCUT2D eigenvalue weighted by Crippen LogP contribution is -2.43. The Morgan fingerprint density at radius 3 is 2.63 bits per heavy atom. The van der Waals surface area contributed by atoms with Gasteiger partial charge < -0.3 is 15.0 Å². The van der Waals surface area contributed by atoms with Crippen LogP contribution in [0.2, 0.25) is 0 Å². The molecule has 1 aliphatic rings. The first-order valence-corrected chi connectivity index (χ1v) is 9.49. The van der Waals surface area contributed by atoms with Crippen LogP contribution in [0.25, 0.3) is 10.9 Å². The number of hydrogen-bond acceptors (Lipinski definition) is 3. The Morgan fingerprint density at radius 1 is 1.07 bits per heavy atom. The Labute approximate surface area is 159 Å². The first-order chi connectivity index (χ1) is 13.3. The molecule has 2 N–H and O–H groups in total. The van der Waals surface area contributed by atoms with Crippen molar-refractivity contribution in [3.63, 3.8) is 0 Å². The Bertz CT molecular complexity index is 885. The number of H-pyrrole nitrogens is 1. The summed E-state index contributed by atoms with van der Waals surface area (Å²) in [5.74, 6) is 0.0434. The van der Waals surface area contributed by atoms with Crippen molar-refractivity contribution in [3.8, 4) is 0 Å². The SMILES string of the molecule is O=C(Cc1c[nH]c2ccccc12)N[C@H](CN1CCOCC1)c1ccccc1. The average Bonchev–Trinajstić information content (AvgIpc) is 3.12. The summed E-state index contributed by atoms with van der Waals surface area (Å²) in [5.41, 5.74) is 3.23. The van der Waals surface area contributed by atoms with E-state index < -0.39 is 0 Å². The molecule has 1 saturated heterocycles. The maximum absolute atomic E-state index is 12.8. The van der Waals surface area contributed by atoms with Crippen molar-refractivity contribution >= 4 is 16.8 Å². The normalized spacial score (nSPS) is 16.3. The molecule has 0 radical (unpaired) electrons. The Balaban J connectivity index is 1.47. The molecule has 1 atom stereocenters. The molecule has 0 spiro atoms. The molecule has 27 heavy (non-hydrogen) atoms. The molecule has 1 fully saturated rings. The van der Waals surface area contributed by atoms with Crippen molar-refractivity contribution < 1.29 is 9.53 Å². The van der Waals surface area contributed by atoms with Crippen LogP contribution in [0.1, 0.15) is 17.2 Å². The van der Waals surface area contributed by atoms with Crippen LogP contribution in [0.5, 0.6) is 0 Å². The quantitative estimate of drug-likeness (QED) is 0.708. The molecule has 5 heteroatoms. The van der Waals surface area contributed by atoms with Crippen LogP contribution in [-0.2, 0) is 16.0 Å². The first kappa shape index (κ1) is 17.8. The molecule has 1 amide bonds. The Morgan fingerprint density at radius 2 is 1.81 bits per heavy atom. The molecule has 4 rings (SSSR count). The second kappa shape index (κ2) is 8.37. The first-order valence-electron chi connectivity index (χ1n) is 9.49. The fourth-order valence-electron chi connectivity index (χ4n) is 3.66. The molecule has 5 nitrogen and oxygen atoms in total. The molecule has 3 aromatic rings. The smallest absolute Gasteiger partial charge is 0.225 e. The van der Waals surface area contributed by atoms with Gasteiger partial charge in [-0.3, -0.25) is 9.69 Å². The molecular formula is C22H25N3O2. The molecular weight excluding hydrogens is 338 g/mol. The number of nitrogens with zero attached hydrogens (tertiary/aromatic N) is 1. The predicted molar refractivity (Wildman–Crippen MR) is 107 cm³/mol. The zero-order valence-electron chi connectivity index (χ0n) is 15.4. The fourth-order valence-corrected chi connectivity index (χ4v) is 3.66. The Hall–Kier alpha value is -2.63. The lowest BCUT2D eigenvalue weighted by atomic mass is 10.0. The van der Waals surface area contributed by atoms with Crippen molar-refractivity contribution in [2.45, 2.75) is 12.5 Å². The number of carbonyl (C=O) groups excluding carboxylic acids is 1. The van der Waals surface area contributed by atoms with Gasteiger partial charge in [0.1, 0.15) is 0 Å². The van der Waals surface area contributed by atoms with Gasteiger partial charge in [0.2, 0.25) is 5.91 Å². The number of nitrogens with one attached hydrogen (secondary N) is 2. The predicted octanol–water partition coefficient (Wildman–Crippen LogP) is 2.90. The number of rotatable bonds is 6. The van der Waals surface area contributed by atoms with E-state index in [-0.39, 0.29) is 11.9 Å². The molecule has 140 valence electrons. The minimum atomic E-state index is -0.0259. The number of morpholine rings is 1. The molecule has 0 unspecified atom stereocenters. The largest absolute Gasteiger partial charge is 0.379 e. The van der Waals surface area contributed by atoms with E-state index in [9.17, 15) is 4.79 Å². The third kappa shape index (κ3) is 4.38. The monoisotopic (exact) mass is 363 g/mol. The van der Waals surface area contributed by atoms with Crippen molar-refractivity contribution in [1.29, 1.82) is 0 Å². The van der Waals surface area contributed by atoms with Crippen molar-refractivity contribution in [3.05, 3.63) is 71.9 Å². The maximum atomic E-state index is 12.8. The number of aromatic amines is 1. The van der Waals surface area contributed by atoms with Crippen molar-refractivity contribution in [2.75, 3.05) is 32.8 Å². The number of amides is 1. The maximum Gasteiger partial charge on any atom is 0.225 e.